The Bertz CT molecular complexity index is 1150. The van der Waals surface area contributed by atoms with Crippen LogP contribution < -0.4 is 21.4 Å². The van der Waals surface area contributed by atoms with Crippen LogP contribution in [-0.2, 0) is 32.9 Å². The first-order valence-electron chi connectivity index (χ1n) is 12.9. The molecular formula is C24H41N4O11P. The van der Waals surface area contributed by atoms with Crippen molar-refractivity contribution >= 4 is 19.6 Å². The van der Waals surface area contributed by atoms with E-state index in [4.69, 9.17) is 18.7 Å². The van der Waals surface area contributed by atoms with E-state index >= 15 is 0 Å². The summed E-state index contributed by atoms with van der Waals surface area (Å²) in [6, 6.07) is -1.14. The Balaban J connectivity index is 2.38. The predicted octanol–water partition coefficient (Wildman–Crippen LogP) is 0.0252. The number of aliphatic hydroxyl groups excluding tert-OH is 1. The van der Waals surface area contributed by atoms with Crippen LogP contribution in [0.2, 0.25) is 0 Å². The SMILES string of the molecule is COC(=O)C(CC(C)C)NP(=O)(NC(CC(C)C)C(=O)OC)OC[C@H]1O[C@@H](n2ccc(=O)[nH]c2=O)[C@](C)(O)[C@@H]1O. The van der Waals surface area contributed by atoms with Crippen molar-refractivity contribution in [3.8, 4) is 0 Å². The van der Waals surface area contributed by atoms with Gasteiger partial charge in [0.2, 0.25) is 0 Å². The van der Waals surface area contributed by atoms with Crippen LogP contribution >= 0.6 is 7.67 Å². The average Bonchev–Trinajstić information content (AvgIpc) is 3.08. The molecule has 2 rings (SSSR count). The number of carbonyl (C=O) groups excluding carboxylic acids is 2. The summed E-state index contributed by atoms with van der Waals surface area (Å²) in [7, 11) is -1.94. The second-order valence-electron chi connectivity index (χ2n) is 10.7. The maximum atomic E-state index is 14.2. The summed E-state index contributed by atoms with van der Waals surface area (Å²) in [5.74, 6) is -1.47. The van der Waals surface area contributed by atoms with Crippen molar-refractivity contribution in [1.29, 1.82) is 0 Å². The van der Waals surface area contributed by atoms with Crippen LogP contribution in [0.1, 0.15) is 53.7 Å². The smallest absolute Gasteiger partial charge is 0.342 e. The molecule has 15 nitrogen and oxygen atoms in total. The average molecular weight is 593 g/mol. The Morgan fingerprint density at radius 3 is 2.02 bits per heavy atom. The topological polar surface area (TPSA) is 208 Å². The van der Waals surface area contributed by atoms with Gasteiger partial charge >= 0.3 is 25.3 Å². The highest BCUT2D eigenvalue weighted by Gasteiger charge is 2.54. The molecular weight excluding hydrogens is 551 g/mol. The number of aromatic amines is 1. The highest BCUT2D eigenvalue weighted by Crippen LogP contribution is 2.44. The van der Waals surface area contributed by atoms with E-state index in [1.54, 1.807) is 0 Å². The number of ether oxygens (including phenoxy) is 3. The molecule has 1 aromatic rings. The molecule has 1 aliphatic heterocycles. The largest absolute Gasteiger partial charge is 0.468 e. The monoisotopic (exact) mass is 592 g/mol. The third-order valence-electron chi connectivity index (χ3n) is 6.32. The van der Waals surface area contributed by atoms with E-state index in [9.17, 15) is 34.0 Å². The second kappa shape index (κ2) is 14.0. The first-order chi connectivity index (χ1) is 18.5. The van der Waals surface area contributed by atoms with E-state index in [-0.39, 0.29) is 24.7 Å². The van der Waals surface area contributed by atoms with Gasteiger partial charge in [0.15, 0.2) is 6.23 Å². The van der Waals surface area contributed by atoms with Gasteiger partial charge in [-0.1, -0.05) is 27.7 Å². The molecule has 1 fully saturated rings. The number of nitrogens with one attached hydrogen (secondary N) is 3. The van der Waals surface area contributed by atoms with Crippen molar-refractivity contribution in [1.82, 2.24) is 19.7 Å². The van der Waals surface area contributed by atoms with E-state index in [1.807, 2.05) is 32.7 Å². The van der Waals surface area contributed by atoms with Gasteiger partial charge in [0, 0.05) is 12.3 Å². The molecule has 0 aromatic carbocycles. The molecule has 1 saturated heterocycles. The Kier molecular flexibility index (Phi) is 11.8. The Hall–Kier alpha value is -2.39. The zero-order chi connectivity index (χ0) is 30.4. The zero-order valence-electron chi connectivity index (χ0n) is 23.8. The van der Waals surface area contributed by atoms with Gasteiger partial charge < -0.3 is 28.9 Å². The summed E-state index contributed by atoms with van der Waals surface area (Å²) in [5.41, 5.74) is -3.58. The molecule has 0 saturated carbocycles. The third-order valence-corrected chi connectivity index (χ3v) is 8.13. The molecule has 2 unspecified atom stereocenters. The highest BCUT2D eigenvalue weighted by atomic mass is 31.2. The Morgan fingerprint density at radius 1 is 1.10 bits per heavy atom. The van der Waals surface area contributed by atoms with Crippen molar-refractivity contribution in [2.75, 3.05) is 20.8 Å². The van der Waals surface area contributed by atoms with Crippen molar-refractivity contribution in [3.05, 3.63) is 33.1 Å². The lowest BCUT2D eigenvalue weighted by Crippen LogP contribution is -2.47. The van der Waals surface area contributed by atoms with Crippen molar-refractivity contribution in [2.45, 2.75) is 83.6 Å². The standard InChI is InChI=1S/C24H41N4O11P/c1-13(2)10-15(20(31)36-6)26-40(35,27-16(11-14(3)4)21(32)37-7)38-12-17-19(30)24(5,34)22(39-17)28-9-8-18(29)25-23(28)33/h8-9,13-17,19,22,30,34H,10-12H2,1-7H3,(H,25,29,33)(H2,26,27,35)/t15?,16?,17-,19-,22-,24-,40?/m1/s1. The molecule has 0 aliphatic carbocycles. The van der Waals surface area contributed by atoms with E-state index in [0.717, 1.165) is 16.8 Å². The van der Waals surface area contributed by atoms with Crippen LogP contribution in [0.25, 0.3) is 0 Å². The molecule has 5 N–H and O–H groups in total. The summed E-state index contributed by atoms with van der Waals surface area (Å²) in [6.45, 7) is 8.00. The number of nitrogens with zero attached hydrogens (tertiary/aromatic N) is 1. The number of aromatic nitrogens is 2. The van der Waals surface area contributed by atoms with Gasteiger partial charge in [0.05, 0.1) is 20.8 Å². The molecule has 16 heteroatoms. The van der Waals surface area contributed by atoms with Crippen LogP contribution in [0.5, 0.6) is 0 Å². The predicted molar refractivity (Wildman–Crippen MR) is 142 cm³/mol. The molecule has 0 radical (unpaired) electrons. The van der Waals surface area contributed by atoms with Gasteiger partial charge in [0.25, 0.3) is 5.56 Å². The lowest BCUT2D eigenvalue weighted by Gasteiger charge is -2.30. The second-order valence-corrected chi connectivity index (χ2v) is 12.6. The summed E-state index contributed by atoms with van der Waals surface area (Å²) < 4.78 is 36.2. The third kappa shape index (κ3) is 8.56. The van der Waals surface area contributed by atoms with Gasteiger partial charge in [-0.2, -0.15) is 0 Å². The molecule has 0 spiro atoms. The van der Waals surface area contributed by atoms with E-state index in [1.165, 1.54) is 21.1 Å². The lowest BCUT2D eigenvalue weighted by molar-refractivity contribution is -0.143. The number of rotatable bonds is 14. The van der Waals surface area contributed by atoms with Gasteiger partial charge in [0.1, 0.15) is 29.9 Å². The minimum atomic E-state index is -4.30. The minimum Gasteiger partial charge on any atom is -0.468 e. The molecule has 1 aliphatic rings. The van der Waals surface area contributed by atoms with Gasteiger partial charge in [-0.15, -0.1) is 0 Å². The van der Waals surface area contributed by atoms with E-state index < -0.39 is 73.6 Å². The number of methoxy groups -OCH3 is 2. The number of H-pyrrole nitrogens is 1. The summed E-state index contributed by atoms with van der Waals surface area (Å²) in [5, 5.41) is 27.1. The summed E-state index contributed by atoms with van der Waals surface area (Å²) in [4.78, 5) is 50.8. The number of aliphatic hydroxyl groups is 2. The Labute approximate surface area is 232 Å². The number of hydrogen-bond donors (Lipinski definition) is 5. The number of carbonyl (C=O) groups is 2. The molecule has 0 bridgehead atoms. The minimum absolute atomic E-state index is 0.0245. The number of esters is 2. The fourth-order valence-corrected chi connectivity index (χ4v) is 6.14. The van der Waals surface area contributed by atoms with Crippen molar-refractivity contribution in [2.24, 2.45) is 11.8 Å². The van der Waals surface area contributed by atoms with Crippen LogP contribution in [0, 0.1) is 11.8 Å². The molecule has 40 heavy (non-hydrogen) atoms. The fraction of sp³-hybridized carbons (Fsp3) is 0.750. The van der Waals surface area contributed by atoms with Crippen molar-refractivity contribution < 1.29 is 43.1 Å². The zero-order valence-corrected chi connectivity index (χ0v) is 24.7. The van der Waals surface area contributed by atoms with Gasteiger partial charge in [-0.3, -0.25) is 28.5 Å². The van der Waals surface area contributed by atoms with E-state index in [0.29, 0.717) is 0 Å². The molecule has 1 aromatic heterocycles. The van der Waals surface area contributed by atoms with Crippen molar-refractivity contribution in [3.63, 3.8) is 0 Å². The molecule has 0 amide bonds. The summed E-state index contributed by atoms with van der Waals surface area (Å²) in [6.07, 6.45) is -2.87. The molecule has 6 atom stereocenters. The quantitative estimate of drug-likeness (QED) is 0.143. The Morgan fingerprint density at radius 2 is 1.60 bits per heavy atom. The van der Waals surface area contributed by atoms with Crippen LogP contribution in [0.4, 0.5) is 0 Å². The maximum absolute atomic E-state index is 14.2. The summed E-state index contributed by atoms with van der Waals surface area (Å²) >= 11 is 0. The van der Waals surface area contributed by atoms with Gasteiger partial charge in [-0.05, 0) is 31.6 Å². The fourth-order valence-electron chi connectivity index (χ4n) is 4.32. The van der Waals surface area contributed by atoms with E-state index in [2.05, 4.69) is 10.2 Å². The van der Waals surface area contributed by atoms with Crippen LogP contribution in [0.3, 0.4) is 0 Å². The first kappa shape index (κ1) is 33.8. The van der Waals surface area contributed by atoms with Crippen LogP contribution in [0.15, 0.2) is 21.9 Å². The van der Waals surface area contributed by atoms with Crippen LogP contribution in [-0.4, -0.2) is 82.4 Å². The first-order valence-corrected chi connectivity index (χ1v) is 14.5. The molecule has 228 valence electrons. The number of hydrogen-bond acceptors (Lipinski definition) is 11. The molecule has 2 heterocycles. The highest BCUT2D eigenvalue weighted by molar-refractivity contribution is 7.54. The maximum Gasteiger partial charge on any atom is 0.342 e. The van der Waals surface area contributed by atoms with Gasteiger partial charge in [-0.25, -0.2) is 15.0 Å². The normalized spacial score (nSPS) is 25.9. The lowest BCUT2D eigenvalue weighted by atomic mass is 9.96.